The Kier molecular flexibility index (Phi) is 46.3. The van der Waals surface area contributed by atoms with Crippen molar-refractivity contribution in [3.05, 3.63) is 60.8 Å². The molecule has 0 spiro atoms. The molecule has 2 heterocycles. The first-order valence-corrected chi connectivity index (χ1v) is 32.0. The zero-order chi connectivity index (χ0) is 57.4. The van der Waals surface area contributed by atoms with E-state index in [0.717, 1.165) is 70.6 Å². The van der Waals surface area contributed by atoms with E-state index in [1.807, 2.05) is 6.08 Å². The van der Waals surface area contributed by atoms with Crippen molar-refractivity contribution in [2.75, 3.05) is 19.8 Å². The van der Waals surface area contributed by atoms with Gasteiger partial charge < -0.3 is 65.1 Å². The summed E-state index contributed by atoms with van der Waals surface area (Å²) in [7, 11) is 0. The van der Waals surface area contributed by atoms with Crippen LogP contribution in [0.15, 0.2) is 60.8 Å². The molecule has 0 aliphatic carbocycles. The molecular formula is C65H117NO13. The number of hydrogen-bond donors (Lipinski definition) is 9. The molecule has 0 aromatic rings. The van der Waals surface area contributed by atoms with Crippen molar-refractivity contribution in [3.63, 3.8) is 0 Å². The van der Waals surface area contributed by atoms with E-state index in [4.69, 9.17) is 18.9 Å². The molecule has 0 saturated carbocycles. The Bertz CT molecular complexity index is 1560. The maximum atomic E-state index is 13.3. The van der Waals surface area contributed by atoms with Crippen molar-refractivity contribution >= 4 is 5.91 Å². The number of unbranched alkanes of at least 4 members (excludes halogenated alkanes) is 30. The van der Waals surface area contributed by atoms with E-state index in [-0.39, 0.29) is 18.9 Å². The topological polar surface area (TPSA) is 228 Å². The van der Waals surface area contributed by atoms with Crippen LogP contribution < -0.4 is 5.32 Å². The minimum Gasteiger partial charge on any atom is -0.394 e. The quantitative estimate of drug-likeness (QED) is 0.0204. The SMILES string of the molecule is CC/C=C\C/C=C\C/C=C\C/C=C\CCCCCCCCCCCCCCC(=O)NC(COC1OC(CO)C(OC2OC(CO)C(O)C(O)C2O)C(O)C1O)C(O)/C=C/CCCCCCCCCCCCCCCCCCCC. The van der Waals surface area contributed by atoms with Crippen molar-refractivity contribution in [1.82, 2.24) is 5.32 Å². The lowest BCUT2D eigenvalue weighted by Crippen LogP contribution is -2.65. The number of carbonyl (C=O) groups excluding carboxylic acids is 1. The molecule has 9 N–H and O–H groups in total. The molecule has 0 aromatic carbocycles. The lowest BCUT2D eigenvalue weighted by molar-refractivity contribution is -0.359. The van der Waals surface area contributed by atoms with E-state index < -0.39 is 86.8 Å². The molecule has 0 radical (unpaired) electrons. The van der Waals surface area contributed by atoms with Crippen molar-refractivity contribution in [3.8, 4) is 0 Å². The van der Waals surface area contributed by atoms with Gasteiger partial charge in [0.15, 0.2) is 12.6 Å². The van der Waals surface area contributed by atoms with Gasteiger partial charge >= 0.3 is 0 Å². The third-order valence-electron chi connectivity index (χ3n) is 15.5. The van der Waals surface area contributed by atoms with Crippen LogP contribution in [0.25, 0.3) is 0 Å². The molecular weight excluding hydrogens is 1000 g/mol. The number of carbonyl (C=O) groups is 1. The summed E-state index contributed by atoms with van der Waals surface area (Å²) >= 11 is 0. The Morgan fingerprint density at radius 1 is 0.468 bits per heavy atom. The predicted octanol–water partition coefficient (Wildman–Crippen LogP) is 11.7. The van der Waals surface area contributed by atoms with Gasteiger partial charge in [0.2, 0.25) is 5.91 Å². The van der Waals surface area contributed by atoms with Crippen LogP contribution in [0.4, 0.5) is 0 Å². The number of rotatable bonds is 51. The Labute approximate surface area is 479 Å². The van der Waals surface area contributed by atoms with Crippen molar-refractivity contribution in [1.29, 1.82) is 0 Å². The molecule has 2 rings (SSSR count). The monoisotopic (exact) mass is 1120 g/mol. The van der Waals surface area contributed by atoms with Crippen LogP contribution in [-0.4, -0.2) is 140 Å². The first-order valence-electron chi connectivity index (χ1n) is 32.0. The maximum absolute atomic E-state index is 13.3. The number of hydrogen-bond acceptors (Lipinski definition) is 13. The normalized spacial score (nSPS) is 24.8. The molecule has 14 heteroatoms. The summed E-state index contributed by atoms with van der Waals surface area (Å²) in [5.74, 6) is -0.241. The van der Waals surface area contributed by atoms with Crippen molar-refractivity contribution < 1.29 is 64.6 Å². The van der Waals surface area contributed by atoms with Crippen LogP contribution >= 0.6 is 0 Å². The molecule has 12 atom stereocenters. The third kappa shape index (κ3) is 35.4. The molecule has 2 aliphatic rings. The highest BCUT2D eigenvalue weighted by atomic mass is 16.7. The second-order valence-electron chi connectivity index (χ2n) is 22.5. The number of aliphatic hydroxyl groups excluding tert-OH is 8. The lowest BCUT2D eigenvalue weighted by atomic mass is 9.97. The standard InChI is InChI=1S/C65H117NO13/c1-3-5-7-9-11-13-15-17-19-21-23-25-26-27-28-29-31-33-35-37-39-41-43-45-47-49-57(70)66-53(54(69)48-46-44-42-40-38-36-34-32-30-24-22-20-18-16-14-12-10-8-6-4-2)52-76-64-62(75)60(73)63(56(51-68)78-64)79-65-61(74)59(72)58(71)55(50-67)77-65/h5,7,11,13,17,19,23,25,46,48,53-56,58-65,67-69,71-75H,3-4,6,8-10,12,14-16,18,20-22,24,26-45,47,49-52H2,1-2H3,(H,66,70)/b7-5-,13-11-,19-17-,25-23-,48-46+. The van der Waals surface area contributed by atoms with Crippen LogP contribution in [0.5, 0.6) is 0 Å². The van der Waals surface area contributed by atoms with Gasteiger partial charge in [-0.05, 0) is 57.8 Å². The fraction of sp³-hybridized carbons (Fsp3) is 0.831. The van der Waals surface area contributed by atoms with Crippen LogP contribution in [0.3, 0.4) is 0 Å². The van der Waals surface area contributed by atoms with Crippen LogP contribution in [-0.2, 0) is 23.7 Å². The highest BCUT2D eigenvalue weighted by Gasteiger charge is 2.51. The summed E-state index contributed by atoms with van der Waals surface area (Å²) < 4.78 is 22.8. The second kappa shape index (κ2) is 50.2. The van der Waals surface area contributed by atoms with E-state index in [1.165, 1.54) is 154 Å². The van der Waals surface area contributed by atoms with Crippen molar-refractivity contribution in [2.45, 2.75) is 325 Å². The summed E-state index contributed by atoms with van der Waals surface area (Å²) in [5, 5.41) is 87.3. The molecule has 0 bridgehead atoms. The Hall–Kier alpha value is -2.31. The summed E-state index contributed by atoms with van der Waals surface area (Å²) in [6.45, 7) is 2.71. The smallest absolute Gasteiger partial charge is 0.220 e. The fourth-order valence-electron chi connectivity index (χ4n) is 10.3. The Morgan fingerprint density at radius 3 is 1.34 bits per heavy atom. The van der Waals surface area contributed by atoms with Gasteiger partial charge in [-0.1, -0.05) is 248 Å². The summed E-state index contributed by atoms with van der Waals surface area (Å²) in [5.41, 5.74) is 0. The van der Waals surface area contributed by atoms with E-state index in [0.29, 0.717) is 6.42 Å². The largest absolute Gasteiger partial charge is 0.394 e. The van der Waals surface area contributed by atoms with Crippen LogP contribution in [0, 0.1) is 0 Å². The third-order valence-corrected chi connectivity index (χ3v) is 15.5. The molecule has 1 amide bonds. The number of allylic oxidation sites excluding steroid dienone is 9. The second-order valence-corrected chi connectivity index (χ2v) is 22.5. The lowest BCUT2D eigenvalue weighted by Gasteiger charge is -2.46. The van der Waals surface area contributed by atoms with Gasteiger partial charge in [-0.25, -0.2) is 0 Å². The van der Waals surface area contributed by atoms with E-state index in [1.54, 1.807) is 6.08 Å². The number of nitrogens with one attached hydrogen (secondary N) is 1. The predicted molar refractivity (Wildman–Crippen MR) is 318 cm³/mol. The fourth-order valence-corrected chi connectivity index (χ4v) is 10.3. The zero-order valence-electron chi connectivity index (χ0n) is 49.6. The summed E-state index contributed by atoms with van der Waals surface area (Å²) in [6, 6.07) is -0.918. The summed E-state index contributed by atoms with van der Waals surface area (Å²) in [6.07, 6.45) is 48.2. The van der Waals surface area contributed by atoms with Gasteiger partial charge in [0.25, 0.3) is 0 Å². The average Bonchev–Trinajstić information content (AvgIpc) is 3.47. The molecule has 14 nitrogen and oxygen atoms in total. The summed E-state index contributed by atoms with van der Waals surface area (Å²) in [4.78, 5) is 13.3. The van der Waals surface area contributed by atoms with E-state index >= 15 is 0 Å². The highest BCUT2D eigenvalue weighted by molar-refractivity contribution is 5.76. The highest BCUT2D eigenvalue weighted by Crippen LogP contribution is 2.30. The van der Waals surface area contributed by atoms with Crippen LogP contribution in [0.1, 0.15) is 251 Å². The molecule has 12 unspecified atom stereocenters. The first kappa shape index (κ1) is 72.8. The van der Waals surface area contributed by atoms with E-state index in [2.05, 4.69) is 67.8 Å². The van der Waals surface area contributed by atoms with E-state index in [9.17, 15) is 45.6 Å². The molecule has 2 aliphatic heterocycles. The minimum absolute atomic E-state index is 0.241. The van der Waals surface area contributed by atoms with Gasteiger partial charge in [0.1, 0.15) is 48.8 Å². The molecule has 0 aromatic heterocycles. The molecule has 79 heavy (non-hydrogen) atoms. The Balaban J connectivity index is 1.73. The van der Waals surface area contributed by atoms with Gasteiger partial charge in [-0.2, -0.15) is 0 Å². The van der Waals surface area contributed by atoms with Crippen LogP contribution in [0.2, 0.25) is 0 Å². The minimum atomic E-state index is -1.79. The van der Waals surface area contributed by atoms with Crippen molar-refractivity contribution in [2.24, 2.45) is 0 Å². The molecule has 460 valence electrons. The number of amides is 1. The molecule has 2 saturated heterocycles. The van der Waals surface area contributed by atoms with Gasteiger partial charge in [0.05, 0.1) is 32.0 Å². The Morgan fingerprint density at radius 2 is 0.873 bits per heavy atom. The number of ether oxygens (including phenoxy) is 4. The van der Waals surface area contributed by atoms with Gasteiger partial charge in [0, 0.05) is 6.42 Å². The number of aliphatic hydroxyl groups is 8. The average molecular weight is 1120 g/mol. The zero-order valence-corrected chi connectivity index (χ0v) is 49.6. The van der Waals surface area contributed by atoms with Gasteiger partial charge in [-0.3, -0.25) is 4.79 Å². The molecule has 2 fully saturated rings. The maximum Gasteiger partial charge on any atom is 0.220 e. The van der Waals surface area contributed by atoms with Gasteiger partial charge in [-0.15, -0.1) is 0 Å². The first-order chi connectivity index (χ1) is 38.6.